The van der Waals surface area contributed by atoms with Crippen molar-refractivity contribution in [2.75, 3.05) is 11.1 Å². The Hall–Kier alpha value is -2.43. The number of carbonyl (C=O) groups excluding carboxylic acids is 1. The number of H-pyrrole nitrogens is 1. The molecule has 6 nitrogen and oxygen atoms in total. The molecule has 10 heteroatoms. The highest BCUT2D eigenvalue weighted by Gasteiger charge is 2.11. The van der Waals surface area contributed by atoms with E-state index in [9.17, 15) is 9.18 Å². The van der Waals surface area contributed by atoms with Gasteiger partial charge in [-0.05, 0) is 42.3 Å². The van der Waals surface area contributed by atoms with Gasteiger partial charge in [0.25, 0.3) is 0 Å². The standard InChI is InChI=1S/C19H16FN5OS3/c1-11-2-7-14-15(8-11)22-17(21-14)27-10-16(26)23-18-24-25-19(29-18)28-9-12-3-5-13(20)6-4-12/h2-8H,9-10H2,1H3,(H,21,22)(H,23,24,26). The number of hydrogen-bond donors (Lipinski definition) is 2. The van der Waals surface area contributed by atoms with Crippen molar-refractivity contribution in [2.24, 2.45) is 0 Å². The van der Waals surface area contributed by atoms with Crippen LogP contribution in [0.15, 0.2) is 52.0 Å². The SMILES string of the molecule is Cc1ccc2nc(SCC(=O)Nc3nnc(SCc4ccc(F)cc4)s3)[nH]c2c1. The van der Waals surface area contributed by atoms with Gasteiger partial charge in [-0.15, -0.1) is 10.2 Å². The summed E-state index contributed by atoms with van der Waals surface area (Å²) in [7, 11) is 0. The number of hydrogen-bond acceptors (Lipinski definition) is 7. The molecule has 0 fully saturated rings. The molecule has 0 aliphatic heterocycles. The maximum absolute atomic E-state index is 12.9. The quantitative estimate of drug-likeness (QED) is 0.311. The van der Waals surface area contributed by atoms with E-state index < -0.39 is 0 Å². The van der Waals surface area contributed by atoms with E-state index in [0.29, 0.717) is 16.0 Å². The lowest BCUT2D eigenvalue weighted by molar-refractivity contribution is -0.113. The summed E-state index contributed by atoms with van der Waals surface area (Å²) in [4.78, 5) is 19.9. The van der Waals surface area contributed by atoms with Gasteiger partial charge >= 0.3 is 0 Å². The first-order valence-electron chi connectivity index (χ1n) is 8.65. The molecule has 0 bridgehead atoms. The number of benzene rings is 2. The summed E-state index contributed by atoms with van der Waals surface area (Å²) in [6, 6.07) is 12.3. The van der Waals surface area contributed by atoms with E-state index in [4.69, 9.17) is 0 Å². The van der Waals surface area contributed by atoms with Crippen LogP contribution in [0.1, 0.15) is 11.1 Å². The van der Waals surface area contributed by atoms with Crippen LogP contribution >= 0.6 is 34.9 Å². The van der Waals surface area contributed by atoms with Crippen molar-refractivity contribution >= 4 is 56.9 Å². The fourth-order valence-electron chi connectivity index (χ4n) is 2.50. The Morgan fingerprint density at radius 3 is 2.83 bits per heavy atom. The van der Waals surface area contributed by atoms with Gasteiger partial charge in [0.05, 0.1) is 16.8 Å². The molecule has 29 heavy (non-hydrogen) atoms. The lowest BCUT2D eigenvalue weighted by Gasteiger charge is -1.99. The largest absolute Gasteiger partial charge is 0.333 e. The first kappa shape index (κ1) is 19.9. The van der Waals surface area contributed by atoms with Gasteiger partial charge in [0.15, 0.2) is 9.50 Å². The number of halogens is 1. The van der Waals surface area contributed by atoms with Crippen molar-refractivity contribution in [3.05, 3.63) is 59.4 Å². The Morgan fingerprint density at radius 2 is 2.00 bits per heavy atom. The normalized spacial score (nSPS) is 11.1. The second kappa shape index (κ2) is 8.93. The summed E-state index contributed by atoms with van der Waals surface area (Å²) >= 11 is 4.14. The van der Waals surface area contributed by atoms with Crippen LogP contribution < -0.4 is 5.32 Å². The molecule has 0 atom stereocenters. The fraction of sp³-hybridized carbons (Fsp3) is 0.158. The van der Waals surface area contributed by atoms with Crippen LogP contribution in [-0.2, 0) is 10.5 Å². The predicted octanol–water partition coefficient (Wildman–Crippen LogP) is 4.89. The van der Waals surface area contributed by atoms with Crippen LogP contribution in [0.3, 0.4) is 0 Å². The van der Waals surface area contributed by atoms with Crippen LogP contribution in [0.5, 0.6) is 0 Å². The predicted molar refractivity (Wildman–Crippen MR) is 116 cm³/mol. The number of anilines is 1. The molecule has 4 aromatic rings. The van der Waals surface area contributed by atoms with Gasteiger partial charge < -0.3 is 4.98 Å². The zero-order valence-electron chi connectivity index (χ0n) is 15.3. The van der Waals surface area contributed by atoms with Gasteiger partial charge in [-0.2, -0.15) is 0 Å². The Balaban J connectivity index is 1.27. The topological polar surface area (TPSA) is 83.6 Å². The molecule has 2 heterocycles. The minimum atomic E-state index is -0.254. The van der Waals surface area contributed by atoms with Crippen molar-refractivity contribution in [3.8, 4) is 0 Å². The van der Waals surface area contributed by atoms with Gasteiger partial charge in [0.2, 0.25) is 11.0 Å². The highest BCUT2D eigenvalue weighted by molar-refractivity contribution is 8.00. The van der Waals surface area contributed by atoms with Gasteiger partial charge in [0.1, 0.15) is 5.82 Å². The van der Waals surface area contributed by atoms with Crippen molar-refractivity contribution in [1.82, 2.24) is 20.2 Å². The van der Waals surface area contributed by atoms with Crippen LogP contribution in [0.4, 0.5) is 9.52 Å². The summed E-state index contributed by atoms with van der Waals surface area (Å²) < 4.78 is 13.7. The smallest absolute Gasteiger partial charge is 0.236 e. The molecule has 2 N–H and O–H groups in total. The monoisotopic (exact) mass is 445 g/mol. The van der Waals surface area contributed by atoms with Gasteiger partial charge in [0, 0.05) is 5.75 Å². The van der Waals surface area contributed by atoms with Crippen LogP contribution in [0.25, 0.3) is 11.0 Å². The number of thioether (sulfide) groups is 2. The van der Waals surface area contributed by atoms with Crippen molar-refractivity contribution in [2.45, 2.75) is 22.2 Å². The van der Waals surface area contributed by atoms with E-state index in [1.807, 2.05) is 25.1 Å². The number of carbonyl (C=O) groups is 1. The van der Waals surface area contributed by atoms with Crippen LogP contribution in [0, 0.1) is 12.7 Å². The van der Waals surface area contributed by atoms with E-state index in [1.54, 1.807) is 12.1 Å². The van der Waals surface area contributed by atoms with Crippen molar-refractivity contribution in [3.63, 3.8) is 0 Å². The third-order valence-corrected chi connectivity index (χ3v) is 6.80. The first-order chi connectivity index (χ1) is 14.0. The number of aromatic amines is 1. The number of nitrogens with one attached hydrogen (secondary N) is 2. The molecule has 2 aromatic heterocycles. The molecule has 1 amide bonds. The molecule has 0 radical (unpaired) electrons. The summed E-state index contributed by atoms with van der Waals surface area (Å²) in [5.41, 5.74) is 3.99. The highest BCUT2D eigenvalue weighted by atomic mass is 32.2. The summed E-state index contributed by atoms with van der Waals surface area (Å²) in [6.45, 7) is 2.02. The van der Waals surface area contributed by atoms with Crippen LogP contribution in [-0.4, -0.2) is 31.8 Å². The number of aryl methyl sites for hydroxylation is 1. The zero-order chi connectivity index (χ0) is 20.2. The number of nitrogens with zero attached hydrogens (tertiary/aromatic N) is 3. The molecule has 0 unspecified atom stereocenters. The fourth-order valence-corrected chi connectivity index (χ4v) is 4.91. The Bertz CT molecular complexity index is 1140. The molecule has 148 valence electrons. The summed E-state index contributed by atoms with van der Waals surface area (Å²) in [5, 5.41) is 12.0. The average molecular weight is 446 g/mol. The number of imidazole rings is 1. The molecule has 0 spiro atoms. The summed E-state index contributed by atoms with van der Waals surface area (Å²) in [5.74, 6) is 0.453. The third-order valence-electron chi connectivity index (χ3n) is 3.88. The highest BCUT2D eigenvalue weighted by Crippen LogP contribution is 2.28. The molecule has 2 aromatic carbocycles. The maximum atomic E-state index is 12.9. The second-order valence-electron chi connectivity index (χ2n) is 6.19. The van der Waals surface area contributed by atoms with Gasteiger partial charge in [-0.1, -0.05) is 53.1 Å². The van der Waals surface area contributed by atoms with Gasteiger partial charge in [-0.3, -0.25) is 10.1 Å². The Morgan fingerprint density at radius 1 is 1.17 bits per heavy atom. The van der Waals surface area contributed by atoms with E-state index in [-0.39, 0.29) is 17.5 Å². The molecular weight excluding hydrogens is 429 g/mol. The van der Waals surface area contributed by atoms with E-state index >= 15 is 0 Å². The Labute approximate surface area is 178 Å². The van der Waals surface area contributed by atoms with E-state index in [0.717, 1.165) is 26.5 Å². The minimum Gasteiger partial charge on any atom is -0.333 e. The third kappa shape index (κ3) is 5.34. The number of aromatic nitrogens is 4. The number of amides is 1. The number of fused-ring (bicyclic) bond motifs is 1. The molecule has 0 aliphatic rings. The molecule has 4 rings (SSSR count). The number of rotatable bonds is 7. The first-order valence-corrected chi connectivity index (χ1v) is 11.4. The Kier molecular flexibility index (Phi) is 6.12. The lowest BCUT2D eigenvalue weighted by Crippen LogP contribution is -2.13. The zero-order valence-corrected chi connectivity index (χ0v) is 17.8. The summed E-state index contributed by atoms with van der Waals surface area (Å²) in [6.07, 6.45) is 0. The minimum absolute atomic E-state index is 0.169. The van der Waals surface area contributed by atoms with Crippen LogP contribution in [0.2, 0.25) is 0 Å². The maximum Gasteiger partial charge on any atom is 0.236 e. The molecule has 0 saturated heterocycles. The molecular formula is C19H16FN5OS3. The van der Waals surface area contributed by atoms with Crippen molar-refractivity contribution < 1.29 is 9.18 Å². The molecule has 0 aliphatic carbocycles. The second-order valence-corrected chi connectivity index (χ2v) is 9.35. The average Bonchev–Trinajstić information content (AvgIpc) is 3.32. The van der Waals surface area contributed by atoms with Crippen molar-refractivity contribution in [1.29, 1.82) is 0 Å². The lowest BCUT2D eigenvalue weighted by atomic mass is 10.2. The molecule has 0 saturated carbocycles. The van der Waals surface area contributed by atoms with Gasteiger partial charge in [-0.25, -0.2) is 9.37 Å². The van der Waals surface area contributed by atoms with E-state index in [2.05, 4.69) is 25.5 Å². The van der Waals surface area contributed by atoms with E-state index in [1.165, 1.54) is 47.0 Å².